The summed E-state index contributed by atoms with van der Waals surface area (Å²) in [6, 6.07) is 9.08. The highest BCUT2D eigenvalue weighted by molar-refractivity contribution is 6.35. The third kappa shape index (κ3) is 5.19. The van der Waals surface area contributed by atoms with Crippen molar-refractivity contribution in [1.82, 2.24) is 10.2 Å². The predicted molar refractivity (Wildman–Crippen MR) is 81.4 cm³/mol. The van der Waals surface area contributed by atoms with Gasteiger partial charge >= 0.3 is 11.8 Å². The lowest BCUT2D eigenvalue weighted by atomic mass is 10.2. The first-order valence-corrected chi connectivity index (χ1v) is 7.25. The number of benzene rings is 1. The Bertz CT molecular complexity index is 456. The SMILES string of the molecule is CCC(CO)NC(=O)C(=O)N(Cc1ccccc1)C(C)C. The minimum atomic E-state index is -0.666. The number of rotatable bonds is 6. The highest BCUT2D eigenvalue weighted by atomic mass is 16.3. The summed E-state index contributed by atoms with van der Waals surface area (Å²) in [5.74, 6) is -1.23. The Labute approximate surface area is 126 Å². The van der Waals surface area contributed by atoms with Gasteiger partial charge < -0.3 is 15.3 Å². The molecule has 1 aromatic rings. The Balaban J connectivity index is 2.76. The summed E-state index contributed by atoms with van der Waals surface area (Å²) in [7, 11) is 0. The van der Waals surface area contributed by atoms with E-state index in [1.54, 1.807) is 0 Å². The summed E-state index contributed by atoms with van der Waals surface area (Å²) >= 11 is 0. The van der Waals surface area contributed by atoms with E-state index in [2.05, 4.69) is 5.32 Å². The highest BCUT2D eigenvalue weighted by Crippen LogP contribution is 2.09. The van der Waals surface area contributed by atoms with Crippen LogP contribution in [0.15, 0.2) is 30.3 Å². The third-order valence-corrected chi connectivity index (χ3v) is 3.32. The van der Waals surface area contributed by atoms with Gasteiger partial charge in [-0.1, -0.05) is 37.3 Å². The van der Waals surface area contributed by atoms with Crippen molar-refractivity contribution in [1.29, 1.82) is 0 Å². The zero-order valence-electron chi connectivity index (χ0n) is 12.9. The molecule has 0 aliphatic heterocycles. The molecule has 0 aliphatic carbocycles. The lowest BCUT2D eigenvalue weighted by Crippen LogP contribution is -2.49. The van der Waals surface area contributed by atoms with E-state index < -0.39 is 11.8 Å². The number of amides is 2. The van der Waals surface area contributed by atoms with Crippen LogP contribution in [0.4, 0.5) is 0 Å². The molecule has 0 spiro atoms. The van der Waals surface area contributed by atoms with E-state index >= 15 is 0 Å². The molecule has 0 heterocycles. The molecule has 0 fully saturated rings. The standard InChI is InChI=1S/C16H24N2O3/c1-4-14(11-19)17-15(20)16(21)18(12(2)3)10-13-8-6-5-7-9-13/h5-9,12,14,19H,4,10-11H2,1-3H3,(H,17,20). The first-order chi connectivity index (χ1) is 9.99. The first-order valence-electron chi connectivity index (χ1n) is 7.25. The predicted octanol–water partition coefficient (Wildman–Crippen LogP) is 1.31. The Morgan fingerprint density at radius 3 is 2.33 bits per heavy atom. The number of carbonyl (C=O) groups is 2. The third-order valence-electron chi connectivity index (χ3n) is 3.32. The molecule has 2 N–H and O–H groups in total. The van der Waals surface area contributed by atoms with E-state index in [4.69, 9.17) is 5.11 Å². The van der Waals surface area contributed by atoms with Gasteiger partial charge in [0, 0.05) is 12.6 Å². The molecule has 116 valence electrons. The highest BCUT2D eigenvalue weighted by Gasteiger charge is 2.25. The van der Waals surface area contributed by atoms with Gasteiger partial charge in [-0.25, -0.2) is 0 Å². The molecule has 0 bridgehead atoms. The summed E-state index contributed by atoms with van der Waals surface area (Å²) in [6.45, 7) is 5.81. The van der Waals surface area contributed by atoms with E-state index in [9.17, 15) is 9.59 Å². The average molecular weight is 292 g/mol. The summed E-state index contributed by atoms with van der Waals surface area (Å²) in [5.41, 5.74) is 0.974. The van der Waals surface area contributed by atoms with Crippen molar-refractivity contribution in [3.8, 4) is 0 Å². The molecule has 0 radical (unpaired) electrons. The molecule has 1 aromatic carbocycles. The smallest absolute Gasteiger partial charge is 0.312 e. The molecule has 1 rings (SSSR count). The second kappa shape index (κ2) is 8.42. The zero-order chi connectivity index (χ0) is 15.8. The number of hydrogen-bond donors (Lipinski definition) is 2. The summed E-state index contributed by atoms with van der Waals surface area (Å²) in [6.07, 6.45) is 0.579. The van der Waals surface area contributed by atoms with Crippen LogP contribution in [0.1, 0.15) is 32.8 Å². The van der Waals surface area contributed by atoms with Crippen LogP contribution in [-0.4, -0.2) is 40.5 Å². The normalized spacial score (nSPS) is 12.0. The number of nitrogens with one attached hydrogen (secondary N) is 1. The van der Waals surface area contributed by atoms with Gasteiger partial charge in [0.1, 0.15) is 0 Å². The molecular formula is C16H24N2O3. The van der Waals surface area contributed by atoms with Crippen LogP contribution >= 0.6 is 0 Å². The topological polar surface area (TPSA) is 69.6 Å². The van der Waals surface area contributed by atoms with Gasteiger partial charge in [0.25, 0.3) is 0 Å². The maximum absolute atomic E-state index is 12.3. The van der Waals surface area contributed by atoms with Crippen LogP contribution in [0.2, 0.25) is 0 Å². The number of hydrogen-bond acceptors (Lipinski definition) is 3. The van der Waals surface area contributed by atoms with Crippen LogP contribution in [-0.2, 0) is 16.1 Å². The van der Waals surface area contributed by atoms with Crippen molar-refractivity contribution >= 4 is 11.8 Å². The Kier molecular flexibility index (Phi) is 6.88. The first kappa shape index (κ1) is 17.2. The van der Waals surface area contributed by atoms with Crippen LogP contribution in [0.3, 0.4) is 0 Å². The second-order valence-electron chi connectivity index (χ2n) is 5.27. The Hall–Kier alpha value is -1.88. The molecule has 2 amide bonds. The largest absolute Gasteiger partial charge is 0.394 e. The molecule has 0 saturated carbocycles. The van der Waals surface area contributed by atoms with Crippen molar-refractivity contribution in [2.75, 3.05) is 6.61 Å². The number of aliphatic hydroxyl groups is 1. The molecule has 0 saturated heterocycles. The summed E-state index contributed by atoms with van der Waals surface area (Å²) in [4.78, 5) is 25.8. The monoisotopic (exact) mass is 292 g/mol. The van der Waals surface area contributed by atoms with Crippen LogP contribution < -0.4 is 5.32 Å². The summed E-state index contributed by atoms with van der Waals surface area (Å²) < 4.78 is 0. The molecule has 21 heavy (non-hydrogen) atoms. The maximum Gasteiger partial charge on any atom is 0.312 e. The van der Waals surface area contributed by atoms with Crippen molar-refractivity contribution in [2.24, 2.45) is 0 Å². The number of carbonyl (C=O) groups excluding carboxylic acids is 2. The van der Waals surface area contributed by atoms with Crippen molar-refractivity contribution in [3.63, 3.8) is 0 Å². The molecular weight excluding hydrogens is 268 g/mol. The Morgan fingerprint density at radius 2 is 1.86 bits per heavy atom. The second-order valence-corrected chi connectivity index (χ2v) is 5.27. The maximum atomic E-state index is 12.3. The number of nitrogens with zero attached hydrogens (tertiary/aromatic N) is 1. The zero-order valence-corrected chi connectivity index (χ0v) is 12.9. The quantitative estimate of drug-likeness (QED) is 0.777. The molecule has 0 aliphatic rings. The Morgan fingerprint density at radius 1 is 1.24 bits per heavy atom. The van der Waals surface area contributed by atoms with E-state index in [0.717, 1.165) is 5.56 Å². The van der Waals surface area contributed by atoms with Gasteiger partial charge in [-0.05, 0) is 25.8 Å². The fraction of sp³-hybridized carbons (Fsp3) is 0.500. The minimum absolute atomic E-state index is 0.0855. The van der Waals surface area contributed by atoms with Crippen LogP contribution in [0.25, 0.3) is 0 Å². The van der Waals surface area contributed by atoms with E-state index in [1.165, 1.54) is 4.90 Å². The van der Waals surface area contributed by atoms with Crippen LogP contribution in [0, 0.1) is 0 Å². The summed E-state index contributed by atoms with van der Waals surface area (Å²) in [5, 5.41) is 11.7. The van der Waals surface area contributed by atoms with E-state index in [1.807, 2.05) is 51.1 Å². The fourth-order valence-electron chi connectivity index (χ4n) is 1.92. The number of aliphatic hydroxyl groups excluding tert-OH is 1. The van der Waals surface area contributed by atoms with Crippen LogP contribution in [0.5, 0.6) is 0 Å². The van der Waals surface area contributed by atoms with Gasteiger partial charge in [-0.2, -0.15) is 0 Å². The lowest BCUT2D eigenvalue weighted by Gasteiger charge is -2.27. The molecule has 0 aromatic heterocycles. The van der Waals surface area contributed by atoms with E-state index in [0.29, 0.717) is 13.0 Å². The van der Waals surface area contributed by atoms with Crippen molar-refractivity contribution < 1.29 is 14.7 Å². The van der Waals surface area contributed by atoms with Gasteiger partial charge in [0.2, 0.25) is 0 Å². The van der Waals surface area contributed by atoms with Crippen molar-refractivity contribution in [3.05, 3.63) is 35.9 Å². The molecule has 1 unspecified atom stereocenters. The van der Waals surface area contributed by atoms with Gasteiger partial charge in [-0.3, -0.25) is 9.59 Å². The lowest BCUT2D eigenvalue weighted by molar-refractivity contribution is -0.148. The van der Waals surface area contributed by atoms with Crippen molar-refractivity contribution in [2.45, 2.75) is 45.8 Å². The molecule has 1 atom stereocenters. The fourth-order valence-corrected chi connectivity index (χ4v) is 1.92. The van der Waals surface area contributed by atoms with Gasteiger partial charge in [0.15, 0.2) is 0 Å². The van der Waals surface area contributed by atoms with Gasteiger partial charge in [-0.15, -0.1) is 0 Å². The average Bonchev–Trinajstić information content (AvgIpc) is 2.50. The van der Waals surface area contributed by atoms with E-state index in [-0.39, 0.29) is 18.7 Å². The molecule has 5 heteroatoms. The van der Waals surface area contributed by atoms with Gasteiger partial charge in [0.05, 0.1) is 12.6 Å². The minimum Gasteiger partial charge on any atom is -0.394 e. The molecule has 5 nitrogen and oxygen atoms in total.